The quantitative estimate of drug-likeness (QED) is 0.679. The Bertz CT molecular complexity index is 334. The lowest BCUT2D eigenvalue weighted by atomic mass is 10.1. The van der Waals surface area contributed by atoms with E-state index in [1.54, 1.807) is 0 Å². The summed E-state index contributed by atoms with van der Waals surface area (Å²) in [6, 6.07) is 10.1. The van der Waals surface area contributed by atoms with Gasteiger partial charge < -0.3 is 0 Å². The van der Waals surface area contributed by atoms with Crippen molar-refractivity contribution in [1.29, 1.82) is 5.26 Å². The molecule has 1 heterocycles. The molecule has 0 unspecified atom stereocenters. The maximum atomic E-state index is 8.85. The van der Waals surface area contributed by atoms with Crippen LogP contribution in [-0.2, 0) is 6.54 Å². The zero-order valence-corrected chi connectivity index (χ0v) is 7.53. The smallest absolute Gasteiger partial charge is 0.0995 e. The Kier molecular flexibility index (Phi) is 2.29. The summed E-state index contributed by atoms with van der Waals surface area (Å²) in [5.74, 6) is 0. The summed E-state index contributed by atoms with van der Waals surface area (Å²) in [4.78, 5) is 2.36. The van der Waals surface area contributed by atoms with Crippen molar-refractivity contribution in [2.24, 2.45) is 0 Å². The average molecular weight is 172 g/mol. The standard InChI is InChI=1S/C11H12N2/c12-8-10-4-1-2-5-11(10)9-13-6-3-7-13/h1-2,4-5H,3,6-7,9H2. The zero-order valence-electron chi connectivity index (χ0n) is 7.53. The van der Waals surface area contributed by atoms with Crippen molar-refractivity contribution in [3.8, 4) is 6.07 Å². The SMILES string of the molecule is N#Cc1ccccc1CN1CCC1. The van der Waals surface area contributed by atoms with Crippen molar-refractivity contribution < 1.29 is 0 Å². The molecular formula is C11H12N2. The van der Waals surface area contributed by atoms with Gasteiger partial charge in [0.25, 0.3) is 0 Å². The third-order valence-corrected chi connectivity index (χ3v) is 2.48. The number of nitriles is 1. The van der Waals surface area contributed by atoms with E-state index in [9.17, 15) is 0 Å². The Morgan fingerprint density at radius 2 is 2.08 bits per heavy atom. The first-order valence-corrected chi connectivity index (χ1v) is 4.60. The molecule has 0 saturated carbocycles. The van der Waals surface area contributed by atoms with Gasteiger partial charge in [0.15, 0.2) is 0 Å². The molecule has 0 aromatic heterocycles. The molecule has 66 valence electrons. The van der Waals surface area contributed by atoms with Gasteiger partial charge in [-0.05, 0) is 31.1 Å². The van der Waals surface area contributed by atoms with E-state index in [1.165, 1.54) is 19.5 Å². The summed E-state index contributed by atoms with van der Waals surface area (Å²) in [6.07, 6.45) is 1.30. The van der Waals surface area contributed by atoms with Gasteiger partial charge in [0.05, 0.1) is 11.6 Å². The fraction of sp³-hybridized carbons (Fsp3) is 0.364. The summed E-state index contributed by atoms with van der Waals surface area (Å²) in [5, 5.41) is 8.85. The van der Waals surface area contributed by atoms with E-state index in [-0.39, 0.29) is 0 Å². The third kappa shape index (κ3) is 1.71. The molecule has 0 radical (unpaired) electrons. The third-order valence-electron chi connectivity index (χ3n) is 2.48. The molecule has 1 aromatic carbocycles. The minimum Gasteiger partial charge on any atom is -0.299 e. The molecule has 1 saturated heterocycles. The first kappa shape index (κ1) is 8.28. The van der Waals surface area contributed by atoms with Gasteiger partial charge in [0.2, 0.25) is 0 Å². The van der Waals surface area contributed by atoms with Crippen molar-refractivity contribution in [3.05, 3.63) is 35.4 Å². The number of nitrogens with zero attached hydrogens (tertiary/aromatic N) is 2. The molecule has 2 rings (SSSR count). The Morgan fingerprint density at radius 1 is 1.31 bits per heavy atom. The second-order valence-electron chi connectivity index (χ2n) is 3.40. The van der Waals surface area contributed by atoms with E-state index in [1.807, 2.05) is 24.3 Å². The highest BCUT2D eigenvalue weighted by atomic mass is 15.2. The molecule has 0 amide bonds. The van der Waals surface area contributed by atoms with E-state index in [4.69, 9.17) is 5.26 Å². The van der Waals surface area contributed by atoms with Crippen LogP contribution in [0.3, 0.4) is 0 Å². The minimum atomic E-state index is 0.814. The van der Waals surface area contributed by atoms with Crippen LogP contribution in [0.15, 0.2) is 24.3 Å². The number of rotatable bonds is 2. The molecule has 0 spiro atoms. The Balaban J connectivity index is 2.14. The summed E-state index contributed by atoms with van der Waals surface area (Å²) < 4.78 is 0. The van der Waals surface area contributed by atoms with Crippen LogP contribution in [0.25, 0.3) is 0 Å². The number of likely N-dealkylation sites (tertiary alicyclic amines) is 1. The lowest BCUT2D eigenvalue weighted by molar-refractivity contribution is 0.172. The minimum absolute atomic E-state index is 0.814. The second kappa shape index (κ2) is 3.59. The molecule has 1 aliphatic rings. The Morgan fingerprint density at radius 3 is 2.69 bits per heavy atom. The lowest BCUT2D eigenvalue weighted by Crippen LogP contribution is -2.36. The van der Waals surface area contributed by atoms with Crippen LogP contribution in [0.5, 0.6) is 0 Å². The van der Waals surface area contributed by atoms with Crippen molar-refractivity contribution in [3.63, 3.8) is 0 Å². The van der Waals surface area contributed by atoms with E-state index < -0.39 is 0 Å². The molecule has 2 heteroatoms. The zero-order chi connectivity index (χ0) is 9.10. The number of benzene rings is 1. The van der Waals surface area contributed by atoms with Crippen molar-refractivity contribution >= 4 is 0 Å². The van der Waals surface area contributed by atoms with Gasteiger partial charge in [0, 0.05) is 6.54 Å². The van der Waals surface area contributed by atoms with Crippen LogP contribution in [0.2, 0.25) is 0 Å². The van der Waals surface area contributed by atoms with Crippen LogP contribution in [0, 0.1) is 11.3 Å². The van der Waals surface area contributed by atoms with Gasteiger partial charge in [-0.3, -0.25) is 4.90 Å². The van der Waals surface area contributed by atoms with Gasteiger partial charge in [0.1, 0.15) is 0 Å². The molecule has 1 fully saturated rings. The maximum Gasteiger partial charge on any atom is 0.0995 e. The van der Waals surface area contributed by atoms with Crippen LogP contribution in [-0.4, -0.2) is 18.0 Å². The number of hydrogen-bond donors (Lipinski definition) is 0. The molecule has 0 atom stereocenters. The molecule has 2 nitrogen and oxygen atoms in total. The first-order valence-electron chi connectivity index (χ1n) is 4.60. The highest BCUT2D eigenvalue weighted by molar-refractivity contribution is 5.37. The summed E-state index contributed by atoms with van der Waals surface area (Å²) >= 11 is 0. The van der Waals surface area contributed by atoms with Gasteiger partial charge >= 0.3 is 0 Å². The number of hydrogen-bond acceptors (Lipinski definition) is 2. The largest absolute Gasteiger partial charge is 0.299 e. The molecule has 13 heavy (non-hydrogen) atoms. The summed E-state index contributed by atoms with van der Waals surface area (Å²) in [5.41, 5.74) is 1.97. The van der Waals surface area contributed by atoms with Crippen molar-refractivity contribution in [2.45, 2.75) is 13.0 Å². The fourth-order valence-electron chi connectivity index (χ4n) is 1.55. The maximum absolute atomic E-state index is 8.85. The van der Waals surface area contributed by atoms with E-state index in [0.29, 0.717) is 0 Å². The topological polar surface area (TPSA) is 27.0 Å². The van der Waals surface area contributed by atoms with Gasteiger partial charge in [-0.1, -0.05) is 18.2 Å². The highest BCUT2D eigenvalue weighted by Crippen LogP contribution is 2.14. The Labute approximate surface area is 78.4 Å². The Hall–Kier alpha value is -1.33. The summed E-state index contributed by atoms with van der Waals surface area (Å²) in [6.45, 7) is 3.29. The van der Waals surface area contributed by atoms with Crippen LogP contribution >= 0.6 is 0 Å². The molecule has 0 N–H and O–H groups in total. The van der Waals surface area contributed by atoms with E-state index >= 15 is 0 Å². The fourth-order valence-corrected chi connectivity index (χ4v) is 1.55. The normalized spacial score (nSPS) is 16.2. The predicted molar refractivity (Wildman–Crippen MR) is 51.1 cm³/mol. The molecule has 1 aromatic rings. The van der Waals surface area contributed by atoms with Gasteiger partial charge in [-0.2, -0.15) is 5.26 Å². The predicted octanol–water partition coefficient (Wildman–Crippen LogP) is 1.76. The van der Waals surface area contributed by atoms with E-state index in [0.717, 1.165) is 17.7 Å². The second-order valence-corrected chi connectivity index (χ2v) is 3.40. The molecule has 0 aliphatic carbocycles. The van der Waals surface area contributed by atoms with Crippen LogP contribution in [0.4, 0.5) is 0 Å². The van der Waals surface area contributed by atoms with Crippen LogP contribution < -0.4 is 0 Å². The highest BCUT2D eigenvalue weighted by Gasteiger charge is 2.14. The molecular weight excluding hydrogens is 160 g/mol. The van der Waals surface area contributed by atoms with Crippen molar-refractivity contribution in [1.82, 2.24) is 4.90 Å². The molecule has 0 bridgehead atoms. The monoisotopic (exact) mass is 172 g/mol. The first-order chi connectivity index (χ1) is 6.40. The summed E-state index contributed by atoms with van der Waals surface area (Å²) in [7, 11) is 0. The van der Waals surface area contributed by atoms with Gasteiger partial charge in [-0.15, -0.1) is 0 Å². The van der Waals surface area contributed by atoms with Crippen LogP contribution in [0.1, 0.15) is 17.5 Å². The van der Waals surface area contributed by atoms with Gasteiger partial charge in [-0.25, -0.2) is 0 Å². The average Bonchev–Trinajstić information content (AvgIpc) is 2.12. The molecule has 1 aliphatic heterocycles. The lowest BCUT2D eigenvalue weighted by Gasteiger charge is -2.30. The van der Waals surface area contributed by atoms with Crippen molar-refractivity contribution in [2.75, 3.05) is 13.1 Å². The van der Waals surface area contributed by atoms with E-state index in [2.05, 4.69) is 11.0 Å².